The number of hydrogen-bond donors (Lipinski definition) is 0. The van der Waals surface area contributed by atoms with Crippen LogP contribution in [0.1, 0.15) is 58.4 Å². The van der Waals surface area contributed by atoms with Crippen LogP contribution in [0.2, 0.25) is 0 Å². The molecule has 0 fully saturated rings. The van der Waals surface area contributed by atoms with Crippen LogP contribution in [-0.4, -0.2) is 35.3 Å². The molecule has 2 heterocycles. The molecule has 0 spiro atoms. The quantitative estimate of drug-likeness (QED) is 0.101. The van der Waals surface area contributed by atoms with Gasteiger partial charge < -0.3 is 0 Å². The van der Waals surface area contributed by atoms with E-state index in [1.807, 2.05) is 42.5 Å². The van der Waals surface area contributed by atoms with E-state index in [-0.39, 0.29) is 40.6 Å². The fourth-order valence-electron chi connectivity index (χ4n) is 5.17. The molecular formula is C42H38F2OSe2. The summed E-state index contributed by atoms with van der Waals surface area (Å²) in [5.41, 5.74) is 7.80. The molecule has 6 rings (SSSR count). The topological polar surface area (TPSA) is 17.1 Å². The summed E-state index contributed by atoms with van der Waals surface area (Å²) in [6.07, 6.45) is 9.53. The van der Waals surface area contributed by atoms with E-state index in [0.29, 0.717) is 5.56 Å². The zero-order chi connectivity index (χ0) is 33.2. The number of halogens is 2. The van der Waals surface area contributed by atoms with Crippen molar-refractivity contribution in [2.75, 3.05) is 0 Å². The van der Waals surface area contributed by atoms with Crippen LogP contribution in [0.3, 0.4) is 0 Å². The summed E-state index contributed by atoms with van der Waals surface area (Å²) in [6.45, 7) is 6.43. The molecule has 4 aromatic carbocycles. The van der Waals surface area contributed by atoms with Gasteiger partial charge in [-0.15, -0.1) is 0 Å². The Morgan fingerprint density at radius 1 is 0.553 bits per heavy atom. The van der Waals surface area contributed by atoms with Crippen LogP contribution in [0.5, 0.6) is 0 Å². The fraction of sp³-hybridized carbons (Fsp3) is 0.167. The fourth-order valence-corrected chi connectivity index (χ4v) is 8.98. The molecular weight excluding hydrogens is 716 g/mol. The van der Waals surface area contributed by atoms with Crippen LogP contribution in [0.4, 0.5) is 8.78 Å². The first-order valence-electron chi connectivity index (χ1n) is 16.0. The van der Waals surface area contributed by atoms with E-state index in [4.69, 9.17) is 0 Å². The van der Waals surface area contributed by atoms with Gasteiger partial charge in [-0.3, -0.25) is 0 Å². The number of aldehydes is 1. The predicted octanol–water partition coefficient (Wildman–Crippen LogP) is 11.2. The van der Waals surface area contributed by atoms with Gasteiger partial charge in [0.2, 0.25) is 0 Å². The Hall–Kier alpha value is -3.85. The second kappa shape index (κ2) is 16.8. The van der Waals surface area contributed by atoms with Crippen molar-refractivity contribution in [3.63, 3.8) is 0 Å². The summed E-state index contributed by atoms with van der Waals surface area (Å²) in [4.78, 5) is 10.8. The molecule has 0 bridgehead atoms. The number of unbranched alkanes of at least 4 members (excludes halogenated alkanes) is 1. The molecule has 0 aliphatic heterocycles. The number of carbonyl (C=O) groups excluding carboxylic acids is 1. The van der Waals surface area contributed by atoms with E-state index in [9.17, 15) is 13.6 Å². The standard InChI is InChI=1S/C23H23FSe.C19H15FOSe/c1-3-5-6-7-20-13-15-23(25-20)21-14-12-19(16-22(21)24)18-10-8-17(4-2)9-11-18;1-2-13-3-5-14(6-4-13)15-7-9-17(18(20)11-15)19-10-8-16(12-21)22-19/h6-16H,3-5H2,1-2H3;3-12H,2H2,1H3. The SMILES string of the molecule is CCCC=Cc1ccc(-c2ccc(-c3ccc(CC)cc3)cc2F)[se]1.CCc1ccc(-c2ccc(-c3ccc(C=O)[se]3)c(F)c2)cc1. The van der Waals surface area contributed by atoms with Gasteiger partial charge in [0.25, 0.3) is 0 Å². The minimum atomic E-state index is -0.231. The molecule has 0 amide bonds. The Kier molecular flexibility index (Phi) is 12.3. The van der Waals surface area contributed by atoms with Gasteiger partial charge in [0.05, 0.1) is 0 Å². The summed E-state index contributed by atoms with van der Waals surface area (Å²) >= 11 is 0.0995. The normalized spacial score (nSPS) is 11.0. The molecule has 0 atom stereocenters. The molecule has 0 unspecified atom stereocenters. The van der Waals surface area contributed by atoms with Crippen LogP contribution in [0.25, 0.3) is 48.3 Å². The molecule has 0 aliphatic rings. The molecule has 238 valence electrons. The summed E-state index contributed by atoms with van der Waals surface area (Å²) in [7, 11) is 0. The predicted molar refractivity (Wildman–Crippen MR) is 197 cm³/mol. The number of rotatable bonds is 10. The number of aryl methyl sites for hydroxylation is 2. The summed E-state index contributed by atoms with van der Waals surface area (Å²) in [5.74, 6) is -0.358. The molecule has 5 heteroatoms. The Balaban J connectivity index is 0.000000186. The Labute approximate surface area is 289 Å². The zero-order valence-electron chi connectivity index (χ0n) is 26.9. The second-order valence-electron chi connectivity index (χ2n) is 11.2. The van der Waals surface area contributed by atoms with E-state index < -0.39 is 0 Å². The van der Waals surface area contributed by atoms with Gasteiger partial charge in [0.1, 0.15) is 0 Å². The monoisotopic (exact) mass is 756 g/mol. The van der Waals surface area contributed by atoms with Crippen molar-refractivity contribution >= 4 is 41.4 Å². The van der Waals surface area contributed by atoms with Gasteiger partial charge in [0.15, 0.2) is 0 Å². The minimum absolute atomic E-state index is 0.0904. The molecule has 47 heavy (non-hydrogen) atoms. The van der Waals surface area contributed by atoms with Crippen molar-refractivity contribution in [3.8, 4) is 42.3 Å². The van der Waals surface area contributed by atoms with Gasteiger partial charge in [-0.2, -0.15) is 0 Å². The molecule has 0 saturated heterocycles. The molecule has 0 saturated carbocycles. The molecule has 1 nitrogen and oxygen atoms in total. The van der Waals surface area contributed by atoms with Crippen molar-refractivity contribution in [3.05, 3.63) is 147 Å². The average molecular weight is 755 g/mol. The first-order valence-corrected chi connectivity index (χ1v) is 19.4. The molecule has 6 aromatic rings. The van der Waals surface area contributed by atoms with Crippen LogP contribution in [-0.2, 0) is 12.8 Å². The van der Waals surface area contributed by atoms with Crippen molar-refractivity contribution in [1.29, 1.82) is 0 Å². The van der Waals surface area contributed by atoms with Gasteiger partial charge in [-0.1, -0.05) is 0 Å². The van der Waals surface area contributed by atoms with Crippen LogP contribution in [0, 0.1) is 11.6 Å². The summed E-state index contributed by atoms with van der Waals surface area (Å²) in [5, 5.41) is 0. The Bertz CT molecular complexity index is 1950. The van der Waals surface area contributed by atoms with Crippen LogP contribution < -0.4 is 0 Å². The van der Waals surface area contributed by atoms with Crippen molar-refractivity contribution in [2.24, 2.45) is 0 Å². The third kappa shape index (κ3) is 8.95. The Morgan fingerprint density at radius 2 is 1.00 bits per heavy atom. The van der Waals surface area contributed by atoms with Gasteiger partial charge in [0, 0.05) is 0 Å². The number of allylic oxidation sites excluding steroid dienone is 1. The van der Waals surface area contributed by atoms with Crippen LogP contribution >= 0.6 is 0 Å². The average Bonchev–Trinajstić information content (AvgIpc) is 3.79. The van der Waals surface area contributed by atoms with E-state index in [1.165, 1.54) is 15.6 Å². The zero-order valence-corrected chi connectivity index (χ0v) is 30.4. The maximum absolute atomic E-state index is 14.7. The van der Waals surface area contributed by atoms with Crippen molar-refractivity contribution in [2.45, 2.75) is 46.5 Å². The molecule has 0 radical (unpaired) electrons. The van der Waals surface area contributed by atoms with E-state index in [0.717, 1.165) is 73.1 Å². The number of benzene rings is 4. The summed E-state index contributed by atoms with van der Waals surface area (Å²) < 4.78 is 33.2. The van der Waals surface area contributed by atoms with Gasteiger partial charge in [-0.25, -0.2) is 0 Å². The first kappa shape index (κ1) is 34.5. The third-order valence-corrected chi connectivity index (χ3v) is 12.4. The molecule has 0 N–H and O–H groups in total. The maximum atomic E-state index is 14.7. The third-order valence-electron chi connectivity index (χ3n) is 7.97. The van der Waals surface area contributed by atoms with Crippen molar-refractivity contribution in [1.82, 2.24) is 0 Å². The molecule has 2 aromatic heterocycles. The van der Waals surface area contributed by atoms with E-state index in [1.54, 1.807) is 18.2 Å². The number of carbonyl (C=O) groups is 1. The number of hydrogen-bond acceptors (Lipinski definition) is 1. The van der Waals surface area contributed by atoms with Gasteiger partial charge in [-0.05, 0) is 0 Å². The van der Waals surface area contributed by atoms with E-state index in [2.05, 4.69) is 81.5 Å². The molecule has 0 aliphatic carbocycles. The second-order valence-corrected chi connectivity index (χ2v) is 15.9. The summed E-state index contributed by atoms with van der Waals surface area (Å²) in [6, 6.07) is 35.3. The first-order chi connectivity index (χ1) is 22.9. The van der Waals surface area contributed by atoms with Gasteiger partial charge >= 0.3 is 291 Å². The van der Waals surface area contributed by atoms with Crippen molar-refractivity contribution < 1.29 is 13.6 Å². The Morgan fingerprint density at radius 3 is 1.40 bits per heavy atom. The van der Waals surface area contributed by atoms with Crippen LogP contribution in [0.15, 0.2) is 115 Å². The van der Waals surface area contributed by atoms with E-state index >= 15 is 0 Å².